The molecular weight excluding hydrogens is 350 g/mol. The van der Waals surface area contributed by atoms with Gasteiger partial charge in [-0.05, 0) is 49.2 Å². The number of benzene rings is 1. The van der Waals surface area contributed by atoms with Crippen molar-refractivity contribution in [2.75, 3.05) is 13.1 Å². The van der Waals surface area contributed by atoms with Gasteiger partial charge < -0.3 is 9.47 Å². The first-order valence-electron chi connectivity index (χ1n) is 9.45. The maximum absolute atomic E-state index is 12.9. The Hall–Kier alpha value is -3.46. The molecule has 1 aliphatic rings. The van der Waals surface area contributed by atoms with E-state index in [4.69, 9.17) is 5.26 Å². The van der Waals surface area contributed by atoms with E-state index >= 15 is 0 Å². The van der Waals surface area contributed by atoms with Crippen LogP contribution in [0.15, 0.2) is 61.1 Å². The van der Waals surface area contributed by atoms with Gasteiger partial charge in [0, 0.05) is 43.2 Å². The van der Waals surface area contributed by atoms with Gasteiger partial charge in [-0.3, -0.25) is 9.78 Å². The number of rotatable bonds is 4. The van der Waals surface area contributed by atoms with Crippen LogP contribution in [0.4, 0.5) is 0 Å². The average molecular weight is 371 g/mol. The van der Waals surface area contributed by atoms with E-state index in [1.807, 2.05) is 35.5 Å². The number of aromatic nitrogens is 3. The molecule has 6 nitrogen and oxygen atoms in total. The van der Waals surface area contributed by atoms with Crippen molar-refractivity contribution in [3.63, 3.8) is 0 Å². The SMILES string of the molecule is N#Cc1ccc(C(=O)N2CCC[C@H](c3nccn3Cc3ccccn3)C2)cc1. The summed E-state index contributed by atoms with van der Waals surface area (Å²) in [6.07, 6.45) is 7.55. The first-order chi connectivity index (χ1) is 13.7. The van der Waals surface area contributed by atoms with Crippen molar-refractivity contribution < 1.29 is 4.79 Å². The topological polar surface area (TPSA) is 74.8 Å². The summed E-state index contributed by atoms with van der Waals surface area (Å²) in [6.45, 7) is 2.07. The third kappa shape index (κ3) is 3.79. The molecular formula is C22H21N5O. The molecule has 1 amide bonds. The molecule has 3 aromatic rings. The monoisotopic (exact) mass is 371 g/mol. The summed E-state index contributed by atoms with van der Waals surface area (Å²) in [7, 11) is 0. The Morgan fingerprint density at radius 3 is 2.75 bits per heavy atom. The Bertz CT molecular complexity index is 988. The van der Waals surface area contributed by atoms with Gasteiger partial charge in [0.25, 0.3) is 5.91 Å². The van der Waals surface area contributed by atoms with Gasteiger partial charge in [0.15, 0.2) is 0 Å². The molecule has 0 saturated carbocycles. The lowest BCUT2D eigenvalue weighted by atomic mass is 9.96. The Morgan fingerprint density at radius 2 is 2.00 bits per heavy atom. The lowest BCUT2D eigenvalue weighted by molar-refractivity contribution is 0.0703. The summed E-state index contributed by atoms with van der Waals surface area (Å²) in [5.74, 6) is 1.22. The number of hydrogen-bond donors (Lipinski definition) is 0. The van der Waals surface area contributed by atoms with E-state index in [0.717, 1.165) is 30.9 Å². The number of carbonyl (C=O) groups excluding carboxylic acids is 1. The van der Waals surface area contributed by atoms with Crippen LogP contribution in [0.25, 0.3) is 0 Å². The second-order valence-electron chi connectivity index (χ2n) is 7.01. The molecule has 0 bridgehead atoms. The van der Waals surface area contributed by atoms with Crippen molar-refractivity contribution in [3.8, 4) is 6.07 Å². The van der Waals surface area contributed by atoms with E-state index in [2.05, 4.69) is 20.6 Å². The zero-order valence-corrected chi connectivity index (χ0v) is 15.5. The number of imidazole rings is 1. The third-order valence-electron chi connectivity index (χ3n) is 5.14. The number of likely N-dealkylation sites (tertiary alicyclic amines) is 1. The number of piperidine rings is 1. The van der Waals surface area contributed by atoms with Crippen molar-refractivity contribution in [3.05, 3.63) is 83.7 Å². The van der Waals surface area contributed by atoms with Gasteiger partial charge in [-0.15, -0.1) is 0 Å². The highest BCUT2D eigenvalue weighted by Crippen LogP contribution is 2.27. The van der Waals surface area contributed by atoms with E-state index in [1.54, 1.807) is 30.5 Å². The van der Waals surface area contributed by atoms with Crippen LogP contribution in [0.5, 0.6) is 0 Å². The fourth-order valence-electron chi connectivity index (χ4n) is 3.72. The van der Waals surface area contributed by atoms with Gasteiger partial charge in [-0.25, -0.2) is 4.98 Å². The summed E-state index contributed by atoms with van der Waals surface area (Å²) in [5, 5.41) is 8.93. The molecule has 0 radical (unpaired) electrons. The van der Waals surface area contributed by atoms with Gasteiger partial charge in [-0.2, -0.15) is 5.26 Å². The summed E-state index contributed by atoms with van der Waals surface area (Å²) in [6, 6.07) is 14.8. The van der Waals surface area contributed by atoms with Crippen LogP contribution in [0.3, 0.4) is 0 Å². The molecule has 6 heteroatoms. The quantitative estimate of drug-likeness (QED) is 0.706. The summed E-state index contributed by atoms with van der Waals surface area (Å²) in [4.78, 5) is 23.8. The Labute approximate surface area is 164 Å². The zero-order valence-electron chi connectivity index (χ0n) is 15.5. The lowest BCUT2D eigenvalue weighted by Crippen LogP contribution is -2.39. The zero-order chi connectivity index (χ0) is 19.3. The Balaban J connectivity index is 1.49. The minimum absolute atomic E-state index is 0.0111. The maximum atomic E-state index is 12.9. The standard InChI is InChI=1S/C22H21N5O/c23-14-17-6-8-18(9-7-17)22(28)27-12-3-4-19(15-27)21-25-11-13-26(21)16-20-5-1-2-10-24-20/h1-2,5-11,13,19H,3-4,12,15-16H2/t19-/m0/s1. The molecule has 1 saturated heterocycles. The smallest absolute Gasteiger partial charge is 0.253 e. The van der Waals surface area contributed by atoms with Crippen molar-refractivity contribution >= 4 is 5.91 Å². The number of nitriles is 1. The molecule has 1 aromatic carbocycles. The molecule has 0 spiro atoms. The minimum Gasteiger partial charge on any atom is -0.338 e. The van der Waals surface area contributed by atoms with Crippen LogP contribution in [0, 0.1) is 11.3 Å². The van der Waals surface area contributed by atoms with Crippen LogP contribution in [-0.4, -0.2) is 38.4 Å². The molecule has 28 heavy (non-hydrogen) atoms. The molecule has 2 aromatic heterocycles. The van der Waals surface area contributed by atoms with Crippen LogP contribution in [0.1, 0.15) is 46.2 Å². The summed E-state index contributed by atoms with van der Waals surface area (Å²) >= 11 is 0. The van der Waals surface area contributed by atoms with Crippen molar-refractivity contribution in [1.29, 1.82) is 5.26 Å². The maximum Gasteiger partial charge on any atom is 0.253 e. The third-order valence-corrected chi connectivity index (χ3v) is 5.14. The van der Waals surface area contributed by atoms with Gasteiger partial charge in [-0.1, -0.05) is 6.07 Å². The van der Waals surface area contributed by atoms with Crippen LogP contribution in [-0.2, 0) is 6.54 Å². The second kappa shape index (κ2) is 8.05. The van der Waals surface area contributed by atoms with Crippen molar-refractivity contribution in [1.82, 2.24) is 19.4 Å². The first-order valence-corrected chi connectivity index (χ1v) is 9.45. The minimum atomic E-state index is 0.0111. The fourth-order valence-corrected chi connectivity index (χ4v) is 3.72. The normalized spacial score (nSPS) is 16.5. The molecule has 0 N–H and O–H groups in total. The predicted octanol–water partition coefficient (Wildman–Crippen LogP) is 3.22. The van der Waals surface area contributed by atoms with E-state index in [-0.39, 0.29) is 11.8 Å². The number of amides is 1. The molecule has 0 unspecified atom stereocenters. The number of pyridine rings is 1. The van der Waals surface area contributed by atoms with Gasteiger partial charge in [0.05, 0.1) is 23.9 Å². The average Bonchev–Trinajstić information content (AvgIpc) is 3.22. The highest BCUT2D eigenvalue weighted by Gasteiger charge is 2.28. The summed E-state index contributed by atoms with van der Waals surface area (Å²) in [5.41, 5.74) is 2.17. The Kier molecular flexibility index (Phi) is 5.16. The Morgan fingerprint density at radius 1 is 1.14 bits per heavy atom. The highest BCUT2D eigenvalue weighted by atomic mass is 16.2. The molecule has 140 valence electrons. The largest absolute Gasteiger partial charge is 0.338 e. The van der Waals surface area contributed by atoms with E-state index in [9.17, 15) is 4.79 Å². The molecule has 4 rings (SSSR count). The van der Waals surface area contributed by atoms with Crippen LogP contribution < -0.4 is 0 Å². The van der Waals surface area contributed by atoms with Gasteiger partial charge >= 0.3 is 0 Å². The molecule has 1 aliphatic heterocycles. The van der Waals surface area contributed by atoms with Crippen LogP contribution in [0.2, 0.25) is 0 Å². The number of carbonyl (C=O) groups is 1. The van der Waals surface area contributed by atoms with Crippen molar-refractivity contribution in [2.45, 2.75) is 25.3 Å². The fraction of sp³-hybridized carbons (Fsp3) is 0.273. The van der Waals surface area contributed by atoms with Gasteiger partial charge in [0.2, 0.25) is 0 Å². The lowest BCUT2D eigenvalue weighted by Gasteiger charge is -2.32. The number of hydrogen-bond acceptors (Lipinski definition) is 4. The summed E-state index contributed by atoms with van der Waals surface area (Å²) < 4.78 is 2.13. The predicted molar refractivity (Wildman–Crippen MR) is 105 cm³/mol. The van der Waals surface area contributed by atoms with E-state index in [1.165, 1.54) is 0 Å². The van der Waals surface area contributed by atoms with Crippen LogP contribution >= 0.6 is 0 Å². The van der Waals surface area contributed by atoms with E-state index in [0.29, 0.717) is 24.2 Å². The highest BCUT2D eigenvalue weighted by molar-refractivity contribution is 5.94. The molecule has 0 aliphatic carbocycles. The second-order valence-corrected chi connectivity index (χ2v) is 7.01. The van der Waals surface area contributed by atoms with Crippen molar-refractivity contribution in [2.24, 2.45) is 0 Å². The molecule has 3 heterocycles. The first kappa shape index (κ1) is 17.9. The molecule has 1 fully saturated rings. The molecule has 1 atom stereocenters. The van der Waals surface area contributed by atoms with Gasteiger partial charge in [0.1, 0.15) is 5.82 Å². The van der Waals surface area contributed by atoms with E-state index < -0.39 is 0 Å². The number of nitrogens with zero attached hydrogens (tertiary/aromatic N) is 5.